The van der Waals surface area contributed by atoms with Crippen LogP contribution >= 0.6 is 0 Å². The summed E-state index contributed by atoms with van der Waals surface area (Å²) in [6.45, 7) is 2.39. The van der Waals surface area contributed by atoms with E-state index in [4.69, 9.17) is 4.74 Å². The summed E-state index contributed by atoms with van der Waals surface area (Å²) >= 11 is 0. The molecular formula is C46H32O. The summed E-state index contributed by atoms with van der Waals surface area (Å²) in [5, 5.41) is 4.97. The molecule has 0 fully saturated rings. The minimum atomic E-state index is -0.413. The van der Waals surface area contributed by atoms with Crippen molar-refractivity contribution >= 4 is 21.5 Å². The molecule has 1 heterocycles. The molecule has 0 aromatic heterocycles. The van der Waals surface area contributed by atoms with Crippen LogP contribution in [0, 0.1) is 5.92 Å². The normalized spacial score (nSPS) is 18.7. The molecule has 222 valence electrons. The van der Waals surface area contributed by atoms with E-state index in [9.17, 15) is 0 Å². The van der Waals surface area contributed by atoms with Gasteiger partial charge in [0.1, 0.15) is 11.5 Å². The predicted molar refractivity (Wildman–Crippen MR) is 195 cm³/mol. The first-order chi connectivity index (χ1) is 23.2. The van der Waals surface area contributed by atoms with Gasteiger partial charge in [-0.05, 0) is 103 Å². The van der Waals surface area contributed by atoms with Crippen molar-refractivity contribution < 1.29 is 4.74 Å². The molecule has 2 aliphatic carbocycles. The summed E-state index contributed by atoms with van der Waals surface area (Å²) in [4.78, 5) is 0. The largest absolute Gasteiger partial charge is 0.456 e. The van der Waals surface area contributed by atoms with Crippen molar-refractivity contribution in [2.45, 2.75) is 18.8 Å². The summed E-state index contributed by atoms with van der Waals surface area (Å²) in [6, 6.07) is 51.5. The molecular weight excluding hydrogens is 569 g/mol. The summed E-state index contributed by atoms with van der Waals surface area (Å²) < 4.78 is 6.59. The van der Waals surface area contributed by atoms with E-state index >= 15 is 0 Å². The van der Waals surface area contributed by atoms with Gasteiger partial charge < -0.3 is 4.74 Å². The van der Waals surface area contributed by atoms with Crippen LogP contribution in [-0.2, 0) is 5.41 Å². The van der Waals surface area contributed by atoms with Crippen molar-refractivity contribution in [3.8, 4) is 44.9 Å². The molecule has 1 heteroatoms. The fourth-order valence-electron chi connectivity index (χ4n) is 8.76. The molecule has 0 saturated heterocycles. The molecule has 1 aliphatic heterocycles. The second-order valence-corrected chi connectivity index (χ2v) is 13.2. The highest BCUT2D eigenvalue weighted by Crippen LogP contribution is 2.60. The Kier molecular flexibility index (Phi) is 5.60. The van der Waals surface area contributed by atoms with Crippen LogP contribution in [0.4, 0.5) is 0 Å². The molecule has 0 amide bonds. The van der Waals surface area contributed by atoms with E-state index in [1.54, 1.807) is 0 Å². The number of allylic oxidation sites excluding steroid dienone is 4. The first kappa shape index (κ1) is 26.5. The SMILES string of the molecule is CC1CC=CC=C1C1(c2cccc(-c3cc4c5c(cccc5c3)-c3ccccc3O4)c2)c2ccccc2-c2c1ccc1ccccc21. The van der Waals surface area contributed by atoms with Gasteiger partial charge in [-0.3, -0.25) is 0 Å². The zero-order chi connectivity index (χ0) is 31.1. The van der Waals surface area contributed by atoms with E-state index in [1.807, 2.05) is 6.07 Å². The average molecular weight is 601 g/mol. The van der Waals surface area contributed by atoms with Crippen LogP contribution in [0.5, 0.6) is 11.5 Å². The maximum absolute atomic E-state index is 6.59. The number of hydrogen-bond donors (Lipinski definition) is 0. The smallest absolute Gasteiger partial charge is 0.136 e. The number of rotatable bonds is 3. The van der Waals surface area contributed by atoms with Crippen molar-refractivity contribution in [2.75, 3.05) is 0 Å². The topological polar surface area (TPSA) is 9.23 Å². The van der Waals surface area contributed by atoms with Crippen molar-refractivity contribution in [3.63, 3.8) is 0 Å². The van der Waals surface area contributed by atoms with E-state index in [-0.39, 0.29) is 0 Å². The van der Waals surface area contributed by atoms with E-state index in [0.717, 1.165) is 29.0 Å². The van der Waals surface area contributed by atoms with Gasteiger partial charge in [-0.2, -0.15) is 0 Å². The lowest BCUT2D eigenvalue weighted by Gasteiger charge is -2.39. The van der Waals surface area contributed by atoms with Crippen LogP contribution in [0.25, 0.3) is 54.9 Å². The monoisotopic (exact) mass is 600 g/mol. The van der Waals surface area contributed by atoms with Crippen molar-refractivity contribution in [2.24, 2.45) is 5.92 Å². The molecule has 0 saturated carbocycles. The average Bonchev–Trinajstić information content (AvgIpc) is 3.43. The zero-order valence-corrected chi connectivity index (χ0v) is 26.2. The second kappa shape index (κ2) is 9.92. The summed E-state index contributed by atoms with van der Waals surface area (Å²) in [5.74, 6) is 2.23. The summed E-state index contributed by atoms with van der Waals surface area (Å²) in [7, 11) is 0. The molecule has 7 aromatic carbocycles. The predicted octanol–water partition coefficient (Wildman–Crippen LogP) is 12.3. The fourth-order valence-corrected chi connectivity index (χ4v) is 8.76. The van der Waals surface area contributed by atoms with Crippen LogP contribution in [-0.4, -0.2) is 0 Å². The molecule has 10 rings (SSSR count). The van der Waals surface area contributed by atoms with Gasteiger partial charge in [-0.1, -0.05) is 140 Å². The van der Waals surface area contributed by atoms with Crippen LogP contribution in [0.3, 0.4) is 0 Å². The zero-order valence-electron chi connectivity index (χ0n) is 26.2. The van der Waals surface area contributed by atoms with Gasteiger partial charge in [0.15, 0.2) is 0 Å². The van der Waals surface area contributed by atoms with Crippen molar-refractivity contribution in [1.82, 2.24) is 0 Å². The molecule has 2 atom stereocenters. The third-order valence-electron chi connectivity index (χ3n) is 10.8. The van der Waals surface area contributed by atoms with Gasteiger partial charge in [0.25, 0.3) is 0 Å². The summed E-state index contributed by atoms with van der Waals surface area (Å²) in [6.07, 6.45) is 8.01. The first-order valence-corrected chi connectivity index (χ1v) is 16.7. The lowest BCUT2D eigenvalue weighted by molar-refractivity contribution is 0.487. The number of benzene rings is 7. The molecule has 0 spiro atoms. The number of para-hydroxylation sites is 1. The lowest BCUT2D eigenvalue weighted by atomic mass is 9.62. The van der Waals surface area contributed by atoms with Gasteiger partial charge >= 0.3 is 0 Å². The van der Waals surface area contributed by atoms with E-state index in [1.165, 1.54) is 66.1 Å². The van der Waals surface area contributed by atoms with Crippen molar-refractivity contribution in [1.29, 1.82) is 0 Å². The van der Waals surface area contributed by atoms with Crippen LogP contribution in [0.2, 0.25) is 0 Å². The van der Waals surface area contributed by atoms with Crippen LogP contribution in [0.1, 0.15) is 30.0 Å². The highest BCUT2D eigenvalue weighted by Gasteiger charge is 2.49. The van der Waals surface area contributed by atoms with Crippen LogP contribution < -0.4 is 4.74 Å². The Hall–Kier alpha value is -5.66. The van der Waals surface area contributed by atoms with Gasteiger partial charge in [0.2, 0.25) is 0 Å². The Morgan fingerprint density at radius 3 is 2.32 bits per heavy atom. The lowest BCUT2D eigenvalue weighted by Crippen LogP contribution is -2.33. The fraction of sp³-hybridized carbons (Fsp3) is 0.0870. The third-order valence-corrected chi connectivity index (χ3v) is 10.8. The highest BCUT2D eigenvalue weighted by molar-refractivity contribution is 6.06. The first-order valence-electron chi connectivity index (χ1n) is 16.7. The standard InChI is InChI=1S/C46H32O/c1-29-12-2-7-21-39(29)46(40-22-8-5-19-38(40)45-35-17-4-3-13-30(35)24-25-41(45)46)34-16-10-14-31(27-34)33-26-32-15-11-20-37-36-18-6-9-23-42(36)47-43(28-33)44(32)37/h2-11,13-29H,12H2,1H3. The minimum Gasteiger partial charge on any atom is -0.456 e. The Morgan fingerprint density at radius 2 is 1.38 bits per heavy atom. The van der Waals surface area contributed by atoms with E-state index in [2.05, 4.69) is 159 Å². The maximum Gasteiger partial charge on any atom is 0.136 e. The van der Waals surface area contributed by atoms with Gasteiger partial charge in [-0.25, -0.2) is 0 Å². The molecule has 47 heavy (non-hydrogen) atoms. The number of ether oxygens (including phenoxy) is 1. The Balaban J connectivity index is 1.24. The Labute approximate surface area is 275 Å². The van der Waals surface area contributed by atoms with Gasteiger partial charge in [0.05, 0.1) is 5.41 Å². The third kappa shape index (κ3) is 3.66. The molecule has 3 aliphatic rings. The summed E-state index contributed by atoms with van der Waals surface area (Å²) in [5.41, 5.74) is 12.5. The molecule has 0 radical (unpaired) electrons. The maximum atomic E-state index is 6.59. The Morgan fingerprint density at radius 1 is 0.596 bits per heavy atom. The highest BCUT2D eigenvalue weighted by atomic mass is 16.5. The van der Waals surface area contributed by atoms with Gasteiger partial charge in [-0.15, -0.1) is 0 Å². The minimum absolute atomic E-state index is 0.395. The molecule has 1 nitrogen and oxygen atoms in total. The molecule has 2 unspecified atom stereocenters. The number of hydrogen-bond acceptors (Lipinski definition) is 1. The number of fused-ring (bicyclic) bond motifs is 7. The Bertz CT molecular complexity index is 2490. The molecule has 7 aromatic rings. The quantitative estimate of drug-likeness (QED) is 0.196. The van der Waals surface area contributed by atoms with Gasteiger partial charge in [0, 0.05) is 10.9 Å². The molecule has 0 bridgehead atoms. The van der Waals surface area contributed by atoms with E-state index in [0.29, 0.717) is 5.92 Å². The second-order valence-electron chi connectivity index (χ2n) is 13.2. The van der Waals surface area contributed by atoms with Crippen LogP contribution in [0.15, 0.2) is 163 Å². The van der Waals surface area contributed by atoms with Crippen molar-refractivity contribution in [3.05, 3.63) is 180 Å². The van der Waals surface area contributed by atoms with E-state index < -0.39 is 5.41 Å². The molecule has 0 N–H and O–H groups in total.